The highest BCUT2D eigenvalue weighted by Gasteiger charge is 2.16. The van der Waals surface area contributed by atoms with Crippen molar-refractivity contribution in [2.75, 3.05) is 10.6 Å². The van der Waals surface area contributed by atoms with Crippen LogP contribution < -0.4 is 16.2 Å². The van der Waals surface area contributed by atoms with Gasteiger partial charge in [0.1, 0.15) is 23.9 Å². The van der Waals surface area contributed by atoms with E-state index in [0.29, 0.717) is 22.9 Å². The van der Waals surface area contributed by atoms with E-state index in [-0.39, 0.29) is 11.4 Å². The number of hydrogen-bond donors (Lipinski definition) is 2. The number of halogens is 2. The van der Waals surface area contributed by atoms with Crippen molar-refractivity contribution in [1.82, 2.24) is 9.78 Å². The average molecular weight is 460 g/mol. The van der Waals surface area contributed by atoms with Gasteiger partial charge >= 0.3 is 0 Å². The van der Waals surface area contributed by atoms with Crippen LogP contribution in [0.25, 0.3) is 11.3 Å². The molecule has 9 heteroatoms. The Morgan fingerprint density at radius 2 is 1.50 bits per heavy atom. The van der Waals surface area contributed by atoms with Crippen LogP contribution in [0.3, 0.4) is 0 Å². The van der Waals surface area contributed by atoms with Crippen LogP contribution in [0.15, 0.2) is 89.7 Å². The summed E-state index contributed by atoms with van der Waals surface area (Å²) >= 11 is 0. The fourth-order valence-electron chi connectivity index (χ4n) is 3.19. The van der Waals surface area contributed by atoms with Gasteiger partial charge in [0.05, 0.1) is 11.4 Å². The normalized spacial score (nSPS) is 10.5. The zero-order chi connectivity index (χ0) is 24.1. The lowest BCUT2D eigenvalue weighted by Gasteiger charge is -2.12. The van der Waals surface area contributed by atoms with Crippen LogP contribution >= 0.6 is 0 Å². The van der Waals surface area contributed by atoms with Crippen LogP contribution in [0.2, 0.25) is 0 Å². The van der Waals surface area contributed by atoms with Crippen molar-refractivity contribution in [3.05, 3.63) is 112 Å². The smallest absolute Gasteiger partial charge is 0.291 e. The number of anilines is 2. The lowest BCUT2D eigenvalue weighted by molar-refractivity contribution is -0.117. The molecule has 0 spiro atoms. The summed E-state index contributed by atoms with van der Waals surface area (Å²) in [5.74, 6) is -3.01. The van der Waals surface area contributed by atoms with Crippen molar-refractivity contribution in [2.45, 2.75) is 6.54 Å². The Morgan fingerprint density at radius 1 is 0.824 bits per heavy atom. The van der Waals surface area contributed by atoms with E-state index in [1.165, 1.54) is 6.07 Å². The van der Waals surface area contributed by atoms with Gasteiger partial charge in [0.2, 0.25) is 5.91 Å². The average Bonchev–Trinajstić information content (AvgIpc) is 2.84. The number of nitrogens with one attached hydrogen (secondary N) is 2. The molecule has 7 nitrogen and oxygen atoms in total. The second-order valence-electron chi connectivity index (χ2n) is 7.26. The highest BCUT2D eigenvalue weighted by atomic mass is 19.1. The molecule has 0 aliphatic carbocycles. The van der Waals surface area contributed by atoms with Crippen LogP contribution in [0.1, 0.15) is 10.4 Å². The summed E-state index contributed by atoms with van der Waals surface area (Å²) < 4.78 is 27.9. The van der Waals surface area contributed by atoms with Crippen LogP contribution in [-0.2, 0) is 11.3 Å². The van der Waals surface area contributed by atoms with Gasteiger partial charge in [-0.25, -0.2) is 13.5 Å². The van der Waals surface area contributed by atoms with Crippen LogP contribution in [-0.4, -0.2) is 21.6 Å². The first-order valence-electron chi connectivity index (χ1n) is 10.2. The number of rotatable bonds is 6. The van der Waals surface area contributed by atoms with Gasteiger partial charge < -0.3 is 10.6 Å². The fraction of sp³-hybridized carbons (Fsp3) is 0.0400. The molecule has 4 rings (SSSR count). The molecule has 1 aromatic heterocycles. The summed E-state index contributed by atoms with van der Waals surface area (Å²) in [4.78, 5) is 38.1. The number of nitrogens with zero attached hydrogens (tertiary/aromatic N) is 2. The van der Waals surface area contributed by atoms with E-state index >= 15 is 0 Å². The molecule has 2 N–H and O–H groups in total. The molecule has 2 amide bonds. The van der Waals surface area contributed by atoms with E-state index in [2.05, 4.69) is 15.7 Å². The van der Waals surface area contributed by atoms with Gasteiger partial charge in [-0.05, 0) is 30.3 Å². The van der Waals surface area contributed by atoms with Crippen molar-refractivity contribution in [2.24, 2.45) is 0 Å². The zero-order valence-electron chi connectivity index (χ0n) is 17.7. The summed E-state index contributed by atoms with van der Waals surface area (Å²) in [6.07, 6.45) is 0. The molecule has 1 heterocycles. The van der Waals surface area contributed by atoms with Crippen LogP contribution in [0, 0.1) is 11.6 Å². The Morgan fingerprint density at radius 3 is 2.18 bits per heavy atom. The zero-order valence-corrected chi connectivity index (χ0v) is 17.7. The molecule has 0 saturated heterocycles. The molecule has 170 valence electrons. The maximum atomic E-state index is 13.9. The van der Waals surface area contributed by atoms with Gasteiger partial charge in [-0.2, -0.15) is 5.10 Å². The highest BCUT2D eigenvalue weighted by Crippen LogP contribution is 2.19. The summed E-state index contributed by atoms with van der Waals surface area (Å²) in [5.41, 5.74) is 0.287. The van der Waals surface area contributed by atoms with Crippen molar-refractivity contribution in [3.8, 4) is 11.3 Å². The first-order valence-corrected chi connectivity index (χ1v) is 10.2. The van der Waals surface area contributed by atoms with Gasteiger partial charge in [-0.1, -0.05) is 48.5 Å². The quantitative estimate of drug-likeness (QED) is 0.454. The predicted octanol–water partition coefficient (Wildman–Crippen LogP) is 4.08. The number of amides is 2. The topological polar surface area (TPSA) is 93.1 Å². The van der Waals surface area contributed by atoms with E-state index < -0.39 is 35.6 Å². The molecule has 0 aliphatic rings. The monoisotopic (exact) mass is 460 g/mol. The van der Waals surface area contributed by atoms with Crippen molar-refractivity contribution < 1.29 is 18.4 Å². The molecule has 0 fully saturated rings. The third-order valence-corrected chi connectivity index (χ3v) is 4.83. The molecule has 34 heavy (non-hydrogen) atoms. The maximum absolute atomic E-state index is 13.9. The van der Waals surface area contributed by atoms with Crippen molar-refractivity contribution in [1.29, 1.82) is 0 Å². The first kappa shape index (κ1) is 22.5. The second-order valence-corrected chi connectivity index (χ2v) is 7.26. The molecular formula is C25H18F2N4O3. The molecule has 0 aliphatic heterocycles. The third kappa shape index (κ3) is 5.21. The van der Waals surface area contributed by atoms with Gasteiger partial charge in [0.25, 0.3) is 11.5 Å². The minimum atomic E-state index is -0.956. The van der Waals surface area contributed by atoms with Crippen LogP contribution in [0.5, 0.6) is 0 Å². The third-order valence-electron chi connectivity index (χ3n) is 4.83. The summed E-state index contributed by atoms with van der Waals surface area (Å²) in [5, 5.41) is 9.10. The fourth-order valence-corrected chi connectivity index (χ4v) is 3.19. The van der Waals surface area contributed by atoms with E-state index in [1.54, 1.807) is 54.6 Å². The van der Waals surface area contributed by atoms with Gasteiger partial charge in [0, 0.05) is 17.2 Å². The van der Waals surface area contributed by atoms with Crippen molar-refractivity contribution in [3.63, 3.8) is 0 Å². The number of carbonyl (C=O) groups is 2. The standard InChI is InChI=1S/C25H18F2N4O3/c26-18-11-12-20(19(27)13-18)28-23(32)15-31-25(34)22(29-24(33)17-9-5-2-6-10-17)14-21(30-31)16-7-3-1-4-8-16/h1-14H,15H2,(H,28,32)(H,29,33). The number of hydrogen-bond acceptors (Lipinski definition) is 4. The van der Waals surface area contributed by atoms with E-state index in [4.69, 9.17) is 0 Å². The van der Waals surface area contributed by atoms with Gasteiger partial charge in [0.15, 0.2) is 0 Å². The van der Waals surface area contributed by atoms with Gasteiger partial charge in [-0.15, -0.1) is 0 Å². The Balaban J connectivity index is 1.66. The number of carbonyl (C=O) groups excluding carboxylic acids is 2. The molecule has 0 atom stereocenters. The molecule has 0 saturated carbocycles. The lowest BCUT2D eigenvalue weighted by Crippen LogP contribution is -2.32. The molecule has 0 bridgehead atoms. The van der Waals surface area contributed by atoms with E-state index in [9.17, 15) is 23.2 Å². The summed E-state index contributed by atoms with van der Waals surface area (Å²) in [6.45, 7) is -0.565. The Labute approximate surface area is 192 Å². The minimum absolute atomic E-state index is 0.0801. The molecule has 4 aromatic rings. The molecule has 0 unspecified atom stereocenters. The lowest BCUT2D eigenvalue weighted by atomic mass is 10.1. The Kier molecular flexibility index (Phi) is 6.54. The summed E-state index contributed by atoms with van der Waals surface area (Å²) in [6, 6.07) is 21.3. The maximum Gasteiger partial charge on any atom is 0.291 e. The predicted molar refractivity (Wildman–Crippen MR) is 123 cm³/mol. The number of benzene rings is 3. The summed E-state index contributed by atoms with van der Waals surface area (Å²) in [7, 11) is 0. The largest absolute Gasteiger partial charge is 0.322 e. The minimum Gasteiger partial charge on any atom is -0.322 e. The first-order chi connectivity index (χ1) is 16.4. The van der Waals surface area contributed by atoms with E-state index in [0.717, 1.165) is 16.8 Å². The van der Waals surface area contributed by atoms with Crippen LogP contribution in [0.4, 0.5) is 20.2 Å². The molecule has 0 radical (unpaired) electrons. The van der Waals surface area contributed by atoms with E-state index in [1.807, 2.05) is 6.07 Å². The Hall–Kier alpha value is -4.66. The second kappa shape index (κ2) is 9.86. The molecular weight excluding hydrogens is 442 g/mol. The SMILES string of the molecule is O=C(Cn1nc(-c2ccccc2)cc(NC(=O)c2ccccc2)c1=O)Nc1ccc(F)cc1F. The van der Waals surface area contributed by atoms with Crippen molar-refractivity contribution >= 4 is 23.2 Å². The highest BCUT2D eigenvalue weighted by molar-refractivity contribution is 6.04. The number of aromatic nitrogens is 2. The molecule has 3 aromatic carbocycles. The Bertz CT molecular complexity index is 1410. The van der Waals surface area contributed by atoms with Gasteiger partial charge in [-0.3, -0.25) is 14.4 Å².